The van der Waals surface area contributed by atoms with Crippen LogP contribution in [0.1, 0.15) is 36.0 Å². The average Bonchev–Trinajstić information content (AvgIpc) is 3.39. The van der Waals surface area contributed by atoms with E-state index in [-0.39, 0.29) is 17.6 Å². The second-order valence-electron chi connectivity index (χ2n) is 10.8. The van der Waals surface area contributed by atoms with Crippen molar-refractivity contribution >= 4 is 22.5 Å². The zero-order valence-electron chi connectivity index (χ0n) is 24.0. The molecule has 1 aliphatic heterocycles. The fourth-order valence-corrected chi connectivity index (χ4v) is 6.06. The number of halogens is 1. The molecule has 4 aromatic carbocycles. The number of aromatic nitrogens is 1. The van der Waals surface area contributed by atoms with Crippen LogP contribution < -0.4 is 9.64 Å². The van der Waals surface area contributed by atoms with Crippen molar-refractivity contribution in [3.63, 3.8) is 0 Å². The van der Waals surface area contributed by atoms with Gasteiger partial charge in [-0.25, -0.2) is 4.39 Å². The van der Waals surface area contributed by atoms with E-state index in [0.717, 1.165) is 53.1 Å². The van der Waals surface area contributed by atoms with Crippen LogP contribution in [-0.2, 0) is 11.3 Å². The van der Waals surface area contributed by atoms with Crippen LogP contribution >= 0.6 is 0 Å². The largest absolute Gasteiger partial charge is 0.492 e. The summed E-state index contributed by atoms with van der Waals surface area (Å²) in [5, 5.41) is 1.12. The Morgan fingerprint density at radius 3 is 2.29 bits per heavy atom. The number of anilines is 1. The average molecular weight is 562 g/mol. The maximum Gasteiger partial charge on any atom is 0.223 e. The van der Waals surface area contributed by atoms with E-state index in [4.69, 9.17) is 4.74 Å². The highest BCUT2D eigenvalue weighted by molar-refractivity contribution is 5.87. The van der Waals surface area contributed by atoms with Gasteiger partial charge in [0.05, 0.1) is 12.3 Å². The van der Waals surface area contributed by atoms with Gasteiger partial charge < -0.3 is 19.1 Å². The number of hydrogen-bond donors (Lipinski definition) is 0. The van der Waals surface area contributed by atoms with Crippen molar-refractivity contribution in [2.75, 3.05) is 37.7 Å². The van der Waals surface area contributed by atoms with Gasteiger partial charge in [0.1, 0.15) is 11.6 Å². The van der Waals surface area contributed by atoms with Crippen LogP contribution in [0.2, 0.25) is 0 Å². The predicted molar refractivity (Wildman–Crippen MR) is 167 cm³/mol. The van der Waals surface area contributed by atoms with Crippen LogP contribution in [0.3, 0.4) is 0 Å². The number of benzene rings is 4. The minimum Gasteiger partial charge on any atom is -0.492 e. The standard InChI is InChI=1S/C36H36FN3O2/c1-2-42-35-15-9-8-14-34(35)38-20-22-39(23-21-38)36(41)24-31(28-16-18-29(37)19-17-28)32-26-40(25-27-10-4-3-5-11-27)33-13-7-6-12-30(32)33/h3-19,26,31H,2,20-25H2,1H3. The van der Waals surface area contributed by atoms with Crippen molar-refractivity contribution < 1.29 is 13.9 Å². The lowest BCUT2D eigenvalue weighted by molar-refractivity contribution is -0.131. The van der Waals surface area contributed by atoms with Crippen molar-refractivity contribution in [3.8, 4) is 5.75 Å². The third-order valence-corrected chi connectivity index (χ3v) is 8.18. The zero-order chi connectivity index (χ0) is 28.9. The maximum absolute atomic E-state index is 14.0. The van der Waals surface area contributed by atoms with E-state index < -0.39 is 0 Å². The van der Waals surface area contributed by atoms with Crippen LogP contribution in [-0.4, -0.2) is 48.2 Å². The molecule has 6 heteroatoms. The Hall–Kier alpha value is -4.58. The monoisotopic (exact) mass is 561 g/mol. The molecule has 1 amide bonds. The lowest BCUT2D eigenvalue weighted by Crippen LogP contribution is -2.49. The molecule has 0 aliphatic carbocycles. The van der Waals surface area contributed by atoms with E-state index in [1.165, 1.54) is 17.7 Å². The number of nitrogens with zero attached hydrogens (tertiary/aromatic N) is 3. The molecule has 0 spiro atoms. The molecule has 214 valence electrons. The molecule has 0 radical (unpaired) electrons. The summed E-state index contributed by atoms with van der Waals surface area (Å²) in [5.74, 6) is 0.514. The highest BCUT2D eigenvalue weighted by atomic mass is 19.1. The Bertz CT molecular complexity index is 1640. The first-order chi connectivity index (χ1) is 20.6. The third-order valence-electron chi connectivity index (χ3n) is 8.18. The van der Waals surface area contributed by atoms with Gasteiger partial charge in [-0.2, -0.15) is 0 Å². The molecule has 6 rings (SSSR count). The first-order valence-corrected chi connectivity index (χ1v) is 14.7. The second kappa shape index (κ2) is 12.5. The Kier molecular flexibility index (Phi) is 8.22. The van der Waals surface area contributed by atoms with E-state index in [1.807, 2.05) is 54.3 Å². The highest BCUT2D eigenvalue weighted by Crippen LogP contribution is 2.36. The quantitative estimate of drug-likeness (QED) is 0.193. The van der Waals surface area contributed by atoms with Crippen molar-refractivity contribution in [1.82, 2.24) is 9.47 Å². The molecule has 5 aromatic rings. The molecule has 1 unspecified atom stereocenters. The minimum atomic E-state index is -0.279. The molecule has 0 N–H and O–H groups in total. The van der Waals surface area contributed by atoms with Crippen molar-refractivity contribution in [1.29, 1.82) is 0 Å². The number of amides is 1. The normalized spacial score (nSPS) is 14.2. The topological polar surface area (TPSA) is 37.7 Å². The fourth-order valence-electron chi connectivity index (χ4n) is 6.06. The van der Waals surface area contributed by atoms with Gasteiger partial charge >= 0.3 is 0 Å². The summed E-state index contributed by atoms with van der Waals surface area (Å²) < 4.78 is 22.1. The van der Waals surface area contributed by atoms with Gasteiger partial charge in [0, 0.05) is 62.2 Å². The number of hydrogen-bond acceptors (Lipinski definition) is 3. The van der Waals surface area contributed by atoms with E-state index in [2.05, 4.69) is 64.2 Å². The summed E-state index contributed by atoms with van der Waals surface area (Å²) >= 11 is 0. The number of rotatable bonds is 9. The molecule has 2 heterocycles. The van der Waals surface area contributed by atoms with Gasteiger partial charge in [-0.1, -0.05) is 72.8 Å². The Balaban J connectivity index is 1.26. The summed E-state index contributed by atoms with van der Waals surface area (Å²) in [6, 6.07) is 33.4. The third kappa shape index (κ3) is 5.89. The lowest BCUT2D eigenvalue weighted by atomic mass is 9.87. The molecule has 0 saturated carbocycles. The summed E-state index contributed by atoms with van der Waals surface area (Å²) in [4.78, 5) is 18.1. The Labute approximate surface area is 246 Å². The molecule has 0 bridgehead atoms. The lowest BCUT2D eigenvalue weighted by Gasteiger charge is -2.37. The van der Waals surface area contributed by atoms with Gasteiger partial charge in [-0.05, 0) is 53.9 Å². The van der Waals surface area contributed by atoms with Gasteiger partial charge in [0.2, 0.25) is 5.91 Å². The number of ether oxygens (including phenoxy) is 1. The fraction of sp³-hybridized carbons (Fsp3) is 0.250. The smallest absolute Gasteiger partial charge is 0.223 e. The number of carbonyl (C=O) groups excluding carboxylic acids is 1. The first-order valence-electron chi connectivity index (χ1n) is 14.7. The number of piperazine rings is 1. The van der Waals surface area contributed by atoms with Crippen molar-refractivity contribution in [2.45, 2.75) is 25.8 Å². The van der Waals surface area contributed by atoms with Gasteiger partial charge in [0.15, 0.2) is 0 Å². The van der Waals surface area contributed by atoms with Gasteiger partial charge in [-0.15, -0.1) is 0 Å². The van der Waals surface area contributed by atoms with Crippen molar-refractivity contribution in [3.05, 3.63) is 132 Å². The van der Waals surface area contributed by atoms with Crippen LogP contribution in [0.25, 0.3) is 10.9 Å². The molecular weight excluding hydrogens is 525 g/mol. The van der Waals surface area contributed by atoms with E-state index in [9.17, 15) is 9.18 Å². The van der Waals surface area contributed by atoms with E-state index in [1.54, 1.807) is 0 Å². The Morgan fingerprint density at radius 2 is 1.52 bits per heavy atom. The SMILES string of the molecule is CCOc1ccccc1N1CCN(C(=O)CC(c2ccc(F)cc2)c2cn(Cc3ccccc3)c3ccccc23)CC1. The van der Waals surface area contributed by atoms with Gasteiger partial charge in [-0.3, -0.25) is 4.79 Å². The molecule has 1 aromatic heterocycles. The molecule has 1 saturated heterocycles. The molecular formula is C36H36FN3O2. The van der Waals surface area contributed by atoms with Crippen LogP contribution in [0.15, 0.2) is 109 Å². The number of carbonyl (C=O) groups is 1. The molecule has 1 atom stereocenters. The molecule has 1 aliphatic rings. The summed E-state index contributed by atoms with van der Waals surface area (Å²) in [5.41, 5.74) is 5.43. The maximum atomic E-state index is 14.0. The number of para-hydroxylation sites is 3. The predicted octanol–water partition coefficient (Wildman–Crippen LogP) is 7.10. The second-order valence-corrected chi connectivity index (χ2v) is 10.8. The molecule has 42 heavy (non-hydrogen) atoms. The summed E-state index contributed by atoms with van der Waals surface area (Å²) in [7, 11) is 0. The van der Waals surface area contributed by atoms with Crippen molar-refractivity contribution in [2.24, 2.45) is 0 Å². The Morgan fingerprint density at radius 1 is 0.833 bits per heavy atom. The summed E-state index contributed by atoms with van der Waals surface area (Å²) in [6.07, 6.45) is 2.50. The highest BCUT2D eigenvalue weighted by Gasteiger charge is 2.28. The van der Waals surface area contributed by atoms with E-state index >= 15 is 0 Å². The molecule has 5 nitrogen and oxygen atoms in total. The zero-order valence-corrected chi connectivity index (χ0v) is 24.0. The molecule has 1 fully saturated rings. The van der Waals surface area contributed by atoms with Crippen LogP contribution in [0.5, 0.6) is 5.75 Å². The minimum absolute atomic E-state index is 0.113. The van der Waals surface area contributed by atoms with Crippen LogP contribution in [0.4, 0.5) is 10.1 Å². The van der Waals surface area contributed by atoms with Gasteiger partial charge in [0.25, 0.3) is 0 Å². The number of fused-ring (bicyclic) bond motifs is 1. The first kappa shape index (κ1) is 27.6. The van der Waals surface area contributed by atoms with E-state index in [0.29, 0.717) is 26.1 Å². The van der Waals surface area contributed by atoms with Crippen LogP contribution in [0, 0.1) is 5.82 Å². The summed E-state index contributed by atoms with van der Waals surface area (Å²) in [6.45, 7) is 6.11.